The maximum absolute atomic E-state index is 2.67. The molecule has 0 aromatic rings. The Balaban J connectivity index is 0.000000771. The van der Waals surface area contributed by atoms with Crippen molar-refractivity contribution in [2.75, 3.05) is 0 Å². The number of hydrogen-bond acceptors (Lipinski definition) is 0. The Morgan fingerprint density at radius 1 is 0.667 bits per heavy atom. The van der Waals surface area contributed by atoms with Crippen LogP contribution >= 0.6 is 0 Å². The van der Waals surface area contributed by atoms with Gasteiger partial charge in [-0.2, -0.15) is 0 Å². The first kappa shape index (κ1) is 16.3. The first-order valence-corrected chi connectivity index (χ1v) is 12.1. The van der Waals surface area contributed by atoms with Crippen LogP contribution in [0.25, 0.3) is 0 Å². The molecule has 0 bridgehead atoms. The van der Waals surface area contributed by atoms with E-state index in [9.17, 15) is 0 Å². The Hall–Kier alpha value is 0.217. The summed E-state index contributed by atoms with van der Waals surface area (Å²) in [6.45, 7) is 9.33. The molecule has 0 atom stereocenters. The third-order valence-electron chi connectivity index (χ3n) is 4.88. The van der Waals surface area contributed by atoms with Crippen LogP contribution < -0.4 is 0 Å². The summed E-state index contributed by atoms with van der Waals surface area (Å²) in [4.78, 5) is 0. The van der Waals surface area contributed by atoms with Crippen LogP contribution in [0.3, 0.4) is 0 Å². The number of rotatable bonds is 4. The predicted molar refractivity (Wildman–Crippen MR) is 87.0 cm³/mol. The van der Waals surface area contributed by atoms with Crippen molar-refractivity contribution in [1.29, 1.82) is 0 Å². The van der Waals surface area contributed by atoms with E-state index in [1.54, 1.807) is 37.8 Å². The summed E-state index contributed by atoms with van der Waals surface area (Å²) in [5.41, 5.74) is 0. The van der Waals surface area contributed by atoms with Crippen LogP contribution in [-0.4, -0.2) is 8.07 Å². The van der Waals surface area contributed by atoms with Gasteiger partial charge in [0.25, 0.3) is 0 Å². The lowest BCUT2D eigenvalue weighted by Gasteiger charge is -2.32. The molecular formula is C17H36Si. The topological polar surface area (TPSA) is 0 Å². The van der Waals surface area contributed by atoms with Crippen LogP contribution in [0.2, 0.25) is 25.2 Å². The molecular weight excluding hydrogens is 232 g/mol. The minimum absolute atomic E-state index is 0.856. The molecule has 0 aliphatic heterocycles. The van der Waals surface area contributed by atoms with E-state index in [0.717, 1.165) is 11.8 Å². The van der Waals surface area contributed by atoms with Gasteiger partial charge in [-0.3, -0.25) is 0 Å². The Morgan fingerprint density at radius 3 is 1.39 bits per heavy atom. The van der Waals surface area contributed by atoms with Crippen molar-refractivity contribution in [3.8, 4) is 0 Å². The number of hydrogen-bond donors (Lipinski definition) is 0. The molecule has 18 heavy (non-hydrogen) atoms. The fraction of sp³-hybridized carbons (Fsp3) is 1.00. The smallest absolute Gasteiger partial charge is 0.0479 e. The lowest BCUT2D eigenvalue weighted by Crippen LogP contribution is -2.31. The highest BCUT2D eigenvalue weighted by Gasteiger charge is 2.30. The summed E-state index contributed by atoms with van der Waals surface area (Å²) < 4.78 is 0. The summed E-state index contributed by atoms with van der Waals surface area (Å²) in [7, 11) is -0.856. The van der Waals surface area contributed by atoms with E-state index in [1.807, 2.05) is 13.8 Å². The molecule has 0 amide bonds. The standard InChI is InChI=1S/C15H30Si.C2H6/c1-16(2,13-15-10-6-7-11-15)12-14-8-4-3-5-9-14;1-2/h14-15H,3-13H2,1-2H3;1-2H3. The van der Waals surface area contributed by atoms with E-state index in [-0.39, 0.29) is 0 Å². The Kier molecular flexibility index (Phi) is 7.59. The Labute approximate surface area is 117 Å². The minimum atomic E-state index is -0.856. The molecule has 1 heteroatoms. The van der Waals surface area contributed by atoms with Crippen molar-refractivity contribution in [3.63, 3.8) is 0 Å². The Morgan fingerprint density at radius 2 is 1.00 bits per heavy atom. The molecule has 2 aliphatic carbocycles. The van der Waals surface area contributed by atoms with E-state index < -0.39 is 8.07 Å². The molecule has 0 aromatic carbocycles. The van der Waals surface area contributed by atoms with Gasteiger partial charge in [-0.1, -0.05) is 96.8 Å². The monoisotopic (exact) mass is 268 g/mol. The van der Waals surface area contributed by atoms with Gasteiger partial charge in [0.05, 0.1) is 0 Å². The van der Waals surface area contributed by atoms with Crippen molar-refractivity contribution in [1.82, 2.24) is 0 Å². The molecule has 0 spiro atoms. The molecule has 2 rings (SSSR count). The van der Waals surface area contributed by atoms with Gasteiger partial charge < -0.3 is 0 Å². The third-order valence-corrected chi connectivity index (χ3v) is 8.25. The molecule has 0 aromatic heterocycles. The van der Waals surface area contributed by atoms with Crippen LogP contribution in [0, 0.1) is 11.8 Å². The lowest BCUT2D eigenvalue weighted by molar-refractivity contribution is 0.380. The molecule has 2 fully saturated rings. The van der Waals surface area contributed by atoms with Crippen molar-refractivity contribution in [3.05, 3.63) is 0 Å². The van der Waals surface area contributed by atoms with E-state index in [1.165, 1.54) is 32.1 Å². The van der Waals surface area contributed by atoms with Gasteiger partial charge in [-0.25, -0.2) is 0 Å². The lowest BCUT2D eigenvalue weighted by atomic mass is 9.91. The molecule has 0 radical (unpaired) electrons. The summed E-state index contributed by atoms with van der Waals surface area (Å²) in [6.07, 6.45) is 13.8. The van der Waals surface area contributed by atoms with Crippen LogP contribution in [0.1, 0.15) is 71.6 Å². The van der Waals surface area contributed by atoms with Crippen LogP contribution in [0.5, 0.6) is 0 Å². The fourth-order valence-corrected chi connectivity index (χ4v) is 8.36. The predicted octanol–water partition coefficient (Wildman–Crippen LogP) is 6.49. The molecule has 0 N–H and O–H groups in total. The maximum Gasteiger partial charge on any atom is 0.0479 e. The molecule has 0 saturated heterocycles. The summed E-state index contributed by atoms with van der Waals surface area (Å²) in [6, 6.07) is 3.28. The molecule has 2 saturated carbocycles. The van der Waals surface area contributed by atoms with E-state index in [0.29, 0.717) is 0 Å². The van der Waals surface area contributed by atoms with Gasteiger partial charge in [-0.15, -0.1) is 0 Å². The fourth-order valence-electron chi connectivity index (χ4n) is 4.25. The Bertz CT molecular complexity index is 198. The molecule has 108 valence electrons. The van der Waals surface area contributed by atoms with Crippen molar-refractivity contribution < 1.29 is 0 Å². The second kappa shape index (κ2) is 8.40. The van der Waals surface area contributed by atoms with Crippen LogP contribution in [0.15, 0.2) is 0 Å². The zero-order valence-corrected chi connectivity index (χ0v) is 14.4. The second-order valence-electron chi connectivity index (χ2n) is 7.23. The highest BCUT2D eigenvalue weighted by atomic mass is 28.3. The van der Waals surface area contributed by atoms with Crippen molar-refractivity contribution >= 4 is 8.07 Å². The minimum Gasteiger partial charge on any atom is -0.0693 e. The zero-order chi connectivity index (χ0) is 13.4. The van der Waals surface area contributed by atoms with Gasteiger partial charge in [-0.05, 0) is 11.8 Å². The first-order valence-electron chi connectivity index (χ1n) is 8.66. The second-order valence-corrected chi connectivity index (χ2v) is 12.4. The van der Waals surface area contributed by atoms with Gasteiger partial charge >= 0.3 is 0 Å². The first-order chi connectivity index (χ1) is 8.66. The molecule has 0 unspecified atom stereocenters. The molecule has 2 aliphatic rings. The van der Waals surface area contributed by atoms with E-state index in [4.69, 9.17) is 0 Å². The van der Waals surface area contributed by atoms with E-state index >= 15 is 0 Å². The normalized spacial score (nSPS) is 22.7. The van der Waals surface area contributed by atoms with Crippen molar-refractivity contribution in [2.45, 2.75) is 96.8 Å². The average Bonchev–Trinajstić information content (AvgIpc) is 2.84. The summed E-state index contributed by atoms with van der Waals surface area (Å²) in [5.74, 6) is 2.25. The van der Waals surface area contributed by atoms with Crippen molar-refractivity contribution in [2.24, 2.45) is 11.8 Å². The average molecular weight is 269 g/mol. The zero-order valence-electron chi connectivity index (χ0n) is 13.4. The van der Waals surface area contributed by atoms with Gasteiger partial charge in [0.2, 0.25) is 0 Å². The molecule has 0 heterocycles. The largest absolute Gasteiger partial charge is 0.0693 e. The highest BCUT2D eigenvalue weighted by Crippen LogP contribution is 2.37. The highest BCUT2D eigenvalue weighted by molar-refractivity contribution is 6.77. The van der Waals surface area contributed by atoms with Crippen LogP contribution in [-0.2, 0) is 0 Å². The van der Waals surface area contributed by atoms with Gasteiger partial charge in [0, 0.05) is 8.07 Å². The summed E-state index contributed by atoms with van der Waals surface area (Å²) >= 11 is 0. The maximum atomic E-state index is 2.67. The third kappa shape index (κ3) is 5.91. The van der Waals surface area contributed by atoms with Gasteiger partial charge in [0.15, 0.2) is 0 Å². The SMILES string of the molecule is CC.C[Si](C)(CC1CCCCC1)CC1CCCC1. The quantitative estimate of drug-likeness (QED) is 0.511. The van der Waals surface area contributed by atoms with Crippen LogP contribution in [0.4, 0.5) is 0 Å². The van der Waals surface area contributed by atoms with E-state index in [2.05, 4.69) is 13.1 Å². The summed E-state index contributed by atoms with van der Waals surface area (Å²) in [5, 5.41) is 0. The molecule has 0 nitrogen and oxygen atoms in total. The van der Waals surface area contributed by atoms with Gasteiger partial charge in [0.1, 0.15) is 0 Å².